The van der Waals surface area contributed by atoms with Gasteiger partial charge >= 0.3 is 0 Å². The van der Waals surface area contributed by atoms with Crippen molar-refractivity contribution < 1.29 is 9.59 Å². The van der Waals surface area contributed by atoms with E-state index >= 15 is 0 Å². The second-order valence-corrected chi connectivity index (χ2v) is 3.18. The number of primary amides is 1. The van der Waals surface area contributed by atoms with Crippen LogP contribution in [0.4, 0.5) is 5.82 Å². The maximum Gasteiger partial charge on any atom is 0.251 e. The number of anilines is 1. The Hall–Kier alpha value is -2.15. The quantitative estimate of drug-likeness (QED) is 0.380. The highest BCUT2D eigenvalue weighted by atomic mass is 16.2. The molecule has 0 atom stereocenters. The Morgan fingerprint density at radius 1 is 1.44 bits per heavy atom. The summed E-state index contributed by atoms with van der Waals surface area (Å²) in [4.78, 5) is 26.1. The first-order chi connectivity index (χ1) is 7.52. The number of pyridine rings is 1. The second kappa shape index (κ2) is 5.08. The molecule has 16 heavy (non-hydrogen) atoms. The molecule has 0 aliphatic carbocycles. The van der Waals surface area contributed by atoms with Gasteiger partial charge in [-0.25, -0.2) is 10.8 Å². The Kier molecular flexibility index (Phi) is 3.78. The molecule has 0 radical (unpaired) electrons. The van der Waals surface area contributed by atoms with Crippen molar-refractivity contribution in [3.8, 4) is 0 Å². The van der Waals surface area contributed by atoms with Gasteiger partial charge in [-0.3, -0.25) is 9.59 Å². The number of hydrogen-bond donors (Lipinski definition) is 4. The number of carbonyl (C=O) groups is 2. The summed E-state index contributed by atoms with van der Waals surface area (Å²) >= 11 is 0. The molecule has 1 aromatic rings. The molecule has 0 unspecified atom stereocenters. The predicted octanol–water partition coefficient (Wildman–Crippen LogP) is -1.11. The number of aromatic nitrogens is 1. The van der Waals surface area contributed by atoms with E-state index in [2.05, 4.69) is 15.7 Å². The molecule has 7 heteroatoms. The van der Waals surface area contributed by atoms with Crippen LogP contribution in [0.3, 0.4) is 0 Å². The van der Waals surface area contributed by atoms with Gasteiger partial charge in [-0.05, 0) is 19.1 Å². The van der Waals surface area contributed by atoms with E-state index in [1.807, 2.05) is 0 Å². The van der Waals surface area contributed by atoms with Crippen LogP contribution in [0.1, 0.15) is 16.1 Å². The van der Waals surface area contributed by atoms with E-state index in [9.17, 15) is 9.59 Å². The van der Waals surface area contributed by atoms with Gasteiger partial charge in [0.15, 0.2) is 0 Å². The number of carbonyl (C=O) groups excluding carboxylic acids is 2. The number of aryl methyl sites for hydroxylation is 1. The van der Waals surface area contributed by atoms with Crippen LogP contribution in [0.25, 0.3) is 0 Å². The largest absolute Gasteiger partial charge is 0.368 e. The third-order valence-electron chi connectivity index (χ3n) is 1.79. The summed E-state index contributed by atoms with van der Waals surface area (Å²) in [5.74, 6) is 4.57. The Labute approximate surface area is 92.2 Å². The van der Waals surface area contributed by atoms with Gasteiger partial charge in [-0.2, -0.15) is 0 Å². The minimum atomic E-state index is -0.601. The van der Waals surface area contributed by atoms with E-state index in [1.54, 1.807) is 13.0 Å². The SMILES string of the molecule is Cc1cc(C(=O)NCC(N)=O)cc(NN)n1. The minimum absolute atomic E-state index is 0.203. The number of hydrogen-bond acceptors (Lipinski definition) is 5. The Balaban J connectivity index is 2.82. The van der Waals surface area contributed by atoms with Crippen LogP contribution in [-0.4, -0.2) is 23.3 Å². The molecule has 1 aromatic heterocycles. The second-order valence-electron chi connectivity index (χ2n) is 3.18. The first-order valence-corrected chi connectivity index (χ1v) is 4.54. The molecule has 0 aliphatic rings. The molecule has 0 saturated heterocycles. The average Bonchev–Trinajstić information content (AvgIpc) is 2.24. The molecule has 0 aromatic carbocycles. The third-order valence-corrected chi connectivity index (χ3v) is 1.79. The number of amides is 2. The van der Waals surface area contributed by atoms with Crippen molar-refractivity contribution in [3.05, 3.63) is 23.4 Å². The summed E-state index contributed by atoms with van der Waals surface area (Å²) in [6, 6.07) is 3.06. The monoisotopic (exact) mass is 223 g/mol. The first-order valence-electron chi connectivity index (χ1n) is 4.54. The highest BCUT2D eigenvalue weighted by Gasteiger charge is 2.08. The van der Waals surface area contributed by atoms with Gasteiger partial charge in [0.05, 0.1) is 6.54 Å². The molecule has 6 N–H and O–H groups in total. The van der Waals surface area contributed by atoms with Gasteiger partial charge in [-0.1, -0.05) is 0 Å². The Morgan fingerprint density at radius 3 is 2.69 bits per heavy atom. The van der Waals surface area contributed by atoms with Gasteiger partial charge in [0.2, 0.25) is 5.91 Å². The molecule has 0 bridgehead atoms. The highest BCUT2D eigenvalue weighted by molar-refractivity contribution is 5.96. The molecular weight excluding hydrogens is 210 g/mol. The zero-order chi connectivity index (χ0) is 12.1. The van der Waals surface area contributed by atoms with Crippen molar-refractivity contribution in [2.75, 3.05) is 12.0 Å². The molecule has 0 fully saturated rings. The fourth-order valence-corrected chi connectivity index (χ4v) is 1.14. The van der Waals surface area contributed by atoms with Crippen molar-refractivity contribution in [1.82, 2.24) is 10.3 Å². The summed E-state index contributed by atoms with van der Waals surface area (Å²) in [6.07, 6.45) is 0. The lowest BCUT2D eigenvalue weighted by Gasteiger charge is -2.06. The van der Waals surface area contributed by atoms with Crippen LogP contribution in [-0.2, 0) is 4.79 Å². The van der Waals surface area contributed by atoms with E-state index < -0.39 is 11.8 Å². The van der Waals surface area contributed by atoms with Crippen molar-refractivity contribution in [2.45, 2.75) is 6.92 Å². The topological polar surface area (TPSA) is 123 Å². The zero-order valence-corrected chi connectivity index (χ0v) is 8.78. The van der Waals surface area contributed by atoms with Crippen LogP contribution in [0.2, 0.25) is 0 Å². The van der Waals surface area contributed by atoms with E-state index in [-0.39, 0.29) is 6.54 Å². The fraction of sp³-hybridized carbons (Fsp3) is 0.222. The third kappa shape index (κ3) is 3.21. The van der Waals surface area contributed by atoms with E-state index in [1.165, 1.54) is 6.07 Å². The van der Waals surface area contributed by atoms with Gasteiger partial charge in [0.1, 0.15) is 5.82 Å². The molecule has 0 saturated carbocycles. The number of nitrogen functional groups attached to an aromatic ring is 1. The van der Waals surface area contributed by atoms with Crippen molar-refractivity contribution in [2.24, 2.45) is 11.6 Å². The Bertz CT molecular complexity index is 418. The summed E-state index contributed by atoms with van der Waals surface area (Å²) < 4.78 is 0. The zero-order valence-electron chi connectivity index (χ0n) is 8.78. The lowest BCUT2D eigenvalue weighted by Crippen LogP contribution is -2.33. The smallest absolute Gasteiger partial charge is 0.251 e. The molecular formula is C9H13N5O2. The van der Waals surface area contributed by atoms with Crippen molar-refractivity contribution >= 4 is 17.6 Å². The van der Waals surface area contributed by atoms with Crippen LogP contribution in [0.15, 0.2) is 12.1 Å². The van der Waals surface area contributed by atoms with E-state index in [4.69, 9.17) is 11.6 Å². The lowest BCUT2D eigenvalue weighted by atomic mass is 10.2. The molecule has 86 valence electrons. The summed E-state index contributed by atoms with van der Waals surface area (Å²) in [5, 5.41) is 2.37. The fourth-order valence-electron chi connectivity index (χ4n) is 1.14. The van der Waals surface area contributed by atoms with Crippen molar-refractivity contribution in [3.63, 3.8) is 0 Å². The molecule has 2 amide bonds. The number of nitrogens with two attached hydrogens (primary N) is 2. The Morgan fingerprint density at radius 2 is 2.12 bits per heavy atom. The van der Waals surface area contributed by atoms with Crippen LogP contribution in [0.5, 0.6) is 0 Å². The maximum absolute atomic E-state index is 11.6. The van der Waals surface area contributed by atoms with Gasteiger partial charge in [0, 0.05) is 11.3 Å². The number of rotatable bonds is 4. The van der Waals surface area contributed by atoms with Crippen LogP contribution in [0, 0.1) is 6.92 Å². The molecule has 1 heterocycles. The standard InChI is InChI=1S/C9H13N5O2/c1-5-2-6(3-8(13-5)14-11)9(16)12-4-7(10)15/h2-3H,4,11H2,1H3,(H2,10,15)(H,12,16)(H,13,14). The molecule has 1 rings (SSSR count). The normalized spacial score (nSPS) is 9.62. The molecule has 0 aliphatic heterocycles. The molecule has 7 nitrogen and oxygen atoms in total. The van der Waals surface area contributed by atoms with Gasteiger partial charge in [0.25, 0.3) is 5.91 Å². The van der Waals surface area contributed by atoms with Crippen LogP contribution < -0.4 is 22.3 Å². The lowest BCUT2D eigenvalue weighted by molar-refractivity contribution is -0.117. The van der Waals surface area contributed by atoms with Crippen LogP contribution >= 0.6 is 0 Å². The summed E-state index contributed by atoms with van der Waals surface area (Å²) in [7, 11) is 0. The average molecular weight is 223 g/mol. The number of nitrogens with zero attached hydrogens (tertiary/aromatic N) is 1. The van der Waals surface area contributed by atoms with Crippen molar-refractivity contribution in [1.29, 1.82) is 0 Å². The number of hydrazine groups is 1. The van der Waals surface area contributed by atoms with E-state index in [0.29, 0.717) is 17.1 Å². The summed E-state index contributed by atoms with van der Waals surface area (Å²) in [6.45, 7) is 1.53. The minimum Gasteiger partial charge on any atom is -0.368 e. The maximum atomic E-state index is 11.6. The predicted molar refractivity (Wildman–Crippen MR) is 58.3 cm³/mol. The van der Waals surface area contributed by atoms with Gasteiger partial charge < -0.3 is 16.5 Å². The molecule has 0 spiro atoms. The highest BCUT2D eigenvalue weighted by Crippen LogP contribution is 2.08. The van der Waals surface area contributed by atoms with E-state index in [0.717, 1.165) is 0 Å². The first kappa shape index (κ1) is 11.9. The summed E-state index contributed by atoms with van der Waals surface area (Å²) in [5.41, 5.74) is 8.25. The van der Waals surface area contributed by atoms with Gasteiger partial charge in [-0.15, -0.1) is 0 Å². The number of nitrogens with one attached hydrogen (secondary N) is 2.